The summed E-state index contributed by atoms with van der Waals surface area (Å²) >= 11 is 0. The molecule has 1 saturated carbocycles. The number of carbonyl (C=O) groups is 1. The van der Waals surface area contributed by atoms with E-state index in [1.165, 1.54) is 23.2 Å². The molecule has 1 amide bonds. The summed E-state index contributed by atoms with van der Waals surface area (Å²) in [4.78, 5) is 18.1. The summed E-state index contributed by atoms with van der Waals surface area (Å²) in [5, 5.41) is 9.83. The van der Waals surface area contributed by atoms with Crippen LogP contribution in [0.1, 0.15) is 39.0 Å². The number of aromatic nitrogens is 1. The van der Waals surface area contributed by atoms with Crippen molar-refractivity contribution in [1.29, 1.82) is 0 Å². The molecule has 29 heavy (non-hydrogen) atoms. The lowest BCUT2D eigenvalue weighted by Gasteiger charge is -2.41. The van der Waals surface area contributed by atoms with Gasteiger partial charge in [0.15, 0.2) is 11.7 Å². The first-order valence-corrected chi connectivity index (χ1v) is 9.08. The smallest absolute Gasteiger partial charge is 0.425 e. The molecule has 1 N–H and O–H groups in total. The van der Waals surface area contributed by atoms with E-state index in [1.807, 2.05) is 0 Å². The van der Waals surface area contributed by atoms with E-state index in [2.05, 4.69) is 4.98 Å². The number of amides is 1. The maximum atomic E-state index is 13.0. The van der Waals surface area contributed by atoms with E-state index in [1.54, 1.807) is 0 Å². The van der Waals surface area contributed by atoms with Crippen molar-refractivity contribution in [1.82, 2.24) is 4.98 Å². The van der Waals surface area contributed by atoms with E-state index in [0.29, 0.717) is 12.1 Å². The minimum Gasteiger partial charge on any atom is -0.465 e. The maximum absolute atomic E-state index is 13.0. The second kappa shape index (κ2) is 7.03. The van der Waals surface area contributed by atoms with Crippen LogP contribution in [-0.4, -0.2) is 46.6 Å². The fourth-order valence-corrected chi connectivity index (χ4v) is 3.81. The number of hydrogen-bond acceptors (Lipinski definition) is 4. The van der Waals surface area contributed by atoms with Gasteiger partial charge in [-0.2, -0.15) is 26.3 Å². The molecule has 2 heterocycles. The zero-order valence-corrected chi connectivity index (χ0v) is 15.5. The van der Waals surface area contributed by atoms with Gasteiger partial charge in [-0.15, -0.1) is 0 Å². The lowest BCUT2D eigenvalue weighted by Crippen LogP contribution is -2.51. The highest BCUT2D eigenvalue weighted by Gasteiger charge is 2.60. The van der Waals surface area contributed by atoms with Gasteiger partial charge in [0.25, 0.3) is 0 Å². The van der Waals surface area contributed by atoms with Crippen LogP contribution < -0.4 is 9.64 Å². The van der Waals surface area contributed by atoms with Crippen LogP contribution in [-0.2, 0) is 4.79 Å². The van der Waals surface area contributed by atoms with E-state index in [0.717, 1.165) is 6.92 Å². The SMILES string of the molecule is C[C@H](Oc1ccc(N2CCC3(CCC(O)(C(F)(F)F)CC3)C2=O)cn1)C(F)(F)F. The zero-order valence-electron chi connectivity index (χ0n) is 15.5. The second-order valence-corrected chi connectivity index (χ2v) is 7.67. The Morgan fingerprint density at radius 2 is 1.72 bits per heavy atom. The number of carbonyl (C=O) groups excluding carboxylic acids is 1. The molecule has 0 aromatic carbocycles. The Labute approximate surface area is 162 Å². The van der Waals surface area contributed by atoms with E-state index < -0.39 is 42.3 Å². The van der Waals surface area contributed by atoms with Crippen LogP contribution in [0, 0.1) is 5.41 Å². The van der Waals surface area contributed by atoms with Crippen LogP contribution in [0.5, 0.6) is 5.88 Å². The van der Waals surface area contributed by atoms with E-state index in [9.17, 15) is 36.2 Å². The highest BCUT2D eigenvalue weighted by Crippen LogP contribution is 2.52. The Morgan fingerprint density at radius 3 is 2.21 bits per heavy atom. The highest BCUT2D eigenvalue weighted by atomic mass is 19.4. The first-order valence-electron chi connectivity index (χ1n) is 9.08. The van der Waals surface area contributed by atoms with Crippen LogP contribution in [0.3, 0.4) is 0 Å². The third-order valence-corrected chi connectivity index (χ3v) is 5.87. The number of ether oxygens (including phenoxy) is 1. The molecule has 11 heteroatoms. The third kappa shape index (κ3) is 4.01. The summed E-state index contributed by atoms with van der Waals surface area (Å²) in [6.07, 6.45) is -11.1. The molecular weight excluding hydrogens is 406 g/mol. The van der Waals surface area contributed by atoms with Gasteiger partial charge in [0.2, 0.25) is 11.8 Å². The number of nitrogens with zero attached hydrogens (tertiary/aromatic N) is 2. The van der Waals surface area contributed by atoms with Gasteiger partial charge < -0.3 is 14.7 Å². The maximum Gasteiger partial charge on any atom is 0.425 e. The van der Waals surface area contributed by atoms with Gasteiger partial charge in [-0.05, 0) is 45.1 Å². The van der Waals surface area contributed by atoms with Crippen molar-refractivity contribution in [3.8, 4) is 5.88 Å². The summed E-state index contributed by atoms with van der Waals surface area (Å²) in [6, 6.07) is 2.59. The summed E-state index contributed by atoms with van der Waals surface area (Å²) in [5.74, 6) is -0.617. The van der Waals surface area contributed by atoms with Crippen LogP contribution in [0.15, 0.2) is 18.3 Å². The van der Waals surface area contributed by atoms with Crippen molar-refractivity contribution < 1.29 is 41.0 Å². The molecule has 1 aliphatic carbocycles. The standard InChI is InChI=1S/C18H20F6N2O3/c1-11(17(19,20)21)29-13-3-2-12(10-25-13)26-9-8-15(14(26)27)4-6-16(28,7-5-15)18(22,23)24/h2-3,10-11,28H,4-9H2,1H3/t11-,15?,16?/m0/s1. The Kier molecular flexibility index (Phi) is 5.25. The van der Waals surface area contributed by atoms with E-state index in [4.69, 9.17) is 4.74 Å². The van der Waals surface area contributed by atoms with Gasteiger partial charge in [-0.25, -0.2) is 4.98 Å². The fourth-order valence-electron chi connectivity index (χ4n) is 3.81. The molecule has 2 aliphatic rings. The van der Waals surface area contributed by atoms with Gasteiger partial charge in [0, 0.05) is 12.6 Å². The predicted octanol–water partition coefficient (Wildman–Crippen LogP) is 4.00. The number of anilines is 1. The first-order chi connectivity index (χ1) is 13.3. The molecule has 2 fully saturated rings. The number of aliphatic hydroxyl groups is 1. The quantitative estimate of drug-likeness (QED) is 0.743. The van der Waals surface area contributed by atoms with Crippen LogP contribution in [0.2, 0.25) is 0 Å². The van der Waals surface area contributed by atoms with Crippen LogP contribution in [0.4, 0.5) is 32.0 Å². The van der Waals surface area contributed by atoms with Crippen molar-refractivity contribution >= 4 is 11.6 Å². The second-order valence-electron chi connectivity index (χ2n) is 7.67. The average Bonchev–Trinajstić information content (AvgIpc) is 2.93. The number of halogens is 6. The van der Waals surface area contributed by atoms with Crippen molar-refractivity contribution in [2.45, 2.75) is 63.1 Å². The zero-order chi connectivity index (χ0) is 21.7. The minimum atomic E-state index is -4.75. The molecule has 1 aromatic rings. The van der Waals surface area contributed by atoms with Crippen molar-refractivity contribution in [3.63, 3.8) is 0 Å². The lowest BCUT2D eigenvalue weighted by atomic mass is 9.67. The molecule has 0 radical (unpaired) electrons. The molecule has 1 atom stereocenters. The molecule has 3 rings (SSSR count). The Morgan fingerprint density at radius 1 is 1.10 bits per heavy atom. The summed E-state index contributed by atoms with van der Waals surface area (Å²) in [5.41, 5.74) is -3.42. The number of pyridine rings is 1. The summed E-state index contributed by atoms with van der Waals surface area (Å²) < 4.78 is 81.4. The number of alkyl halides is 6. The lowest BCUT2D eigenvalue weighted by molar-refractivity contribution is -0.274. The van der Waals surface area contributed by atoms with Gasteiger partial charge in [-0.1, -0.05) is 0 Å². The molecule has 1 aromatic heterocycles. The number of hydrogen-bond donors (Lipinski definition) is 1. The largest absolute Gasteiger partial charge is 0.465 e. The summed E-state index contributed by atoms with van der Waals surface area (Å²) in [6.45, 7) is 1.10. The Balaban J connectivity index is 1.68. The third-order valence-electron chi connectivity index (χ3n) is 5.87. The molecule has 1 aliphatic heterocycles. The molecule has 1 saturated heterocycles. The van der Waals surface area contributed by atoms with Gasteiger partial charge >= 0.3 is 12.4 Å². The fraction of sp³-hybridized carbons (Fsp3) is 0.667. The minimum absolute atomic E-state index is 0.0872. The summed E-state index contributed by atoms with van der Waals surface area (Å²) in [7, 11) is 0. The van der Waals surface area contributed by atoms with Crippen LogP contribution in [0.25, 0.3) is 0 Å². The monoisotopic (exact) mass is 426 g/mol. The molecule has 5 nitrogen and oxygen atoms in total. The van der Waals surface area contributed by atoms with Crippen LogP contribution >= 0.6 is 0 Å². The first kappa shape index (κ1) is 21.7. The van der Waals surface area contributed by atoms with Gasteiger partial charge in [-0.3, -0.25) is 4.79 Å². The Bertz CT molecular complexity index is 754. The molecule has 1 spiro atoms. The molecule has 162 valence electrons. The van der Waals surface area contributed by atoms with Crippen molar-refractivity contribution in [2.75, 3.05) is 11.4 Å². The van der Waals surface area contributed by atoms with E-state index in [-0.39, 0.29) is 31.2 Å². The Hall–Kier alpha value is -2.04. The van der Waals surface area contributed by atoms with Gasteiger partial charge in [0.1, 0.15) is 0 Å². The predicted molar refractivity (Wildman–Crippen MR) is 89.3 cm³/mol. The molecule has 0 unspecified atom stereocenters. The van der Waals surface area contributed by atoms with Crippen molar-refractivity contribution in [3.05, 3.63) is 18.3 Å². The average molecular weight is 426 g/mol. The highest BCUT2D eigenvalue weighted by molar-refractivity contribution is 5.99. The molecule has 0 bridgehead atoms. The molecular formula is C18H20F6N2O3. The van der Waals surface area contributed by atoms with Gasteiger partial charge in [0.05, 0.1) is 17.3 Å². The van der Waals surface area contributed by atoms with E-state index >= 15 is 0 Å². The topological polar surface area (TPSA) is 62.7 Å². The number of rotatable bonds is 3. The normalized spacial score (nSPS) is 29.4. The van der Waals surface area contributed by atoms with Crippen molar-refractivity contribution in [2.24, 2.45) is 5.41 Å².